The van der Waals surface area contributed by atoms with Crippen molar-refractivity contribution >= 4 is 5.91 Å². The minimum atomic E-state index is -0.125. The van der Waals surface area contributed by atoms with Gasteiger partial charge in [0.25, 0.3) is 5.91 Å². The first-order valence-corrected chi connectivity index (χ1v) is 9.72. The molecule has 1 aliphatic rings. The Bertz CT molecular complexity index is 771. The van der Waals surface area contributed by atoms with Gasteiger partial charge in [-0.1, -0.05) is 0 Å². The average molecular weight is 387 g/mol. The first kappa shape index (κ1) is 20.3. The lowest BCUT2D eigenvalue weighted by molar-refractivity contribution is 0.0949. The number of hydrogen-bond acceptors (Lipinski definition) is 6. The van der Waals surface area contributed by atoms with Crippen LogP contribution in [0.3, 0.4) is 0 Å². The van der Waals surface area contributed by atoms with Crippen LogP contribution in [0.4, 0.5) is 0 Å². The summed E-state index contributed by atoms with van der Waals surface area (Å²) in [6, 6.07) is 5.61. The van der Waals surface area contributed by atoms with Crippen LogP contribution in [0.1, 0.15) is 34.6 Å². The number of ether oxygens (including phenoxy) is 2. The summed E-state index contributed by atoms with van der Waals surface area (Å²) in [5.74, 6) is 2.02. The molecule has 1 unspecified atom stereocenters. The second-order valence-electron chi connectivity index (χ2n) is 7.06. The highest BCUT2D eigenvalue weighted by Gasteiger charge is 2.18. The fourth-order valence-electron chi connectivity index (χ4n) is 3.52. The molecule has 8 nitrogen and oxygen atoms in total. The molecule has 1 aromatic carbocycles. The van der Waals surface area contributed by atoms with E-state index >= 15 is 0 Å². The maximum Gasteiger partial charge on any atom is 0.251 e. The largest absolute Gasteiger partial charge is 0.496 e. The van der Waals surface area contributed by atoms with Crippen molar-refractivity contribution in [3.8, 4) is 5.75 Å². The van der Waals surface area contributed by atoms with Gasteiger partial charge in [-0.2, -0.15) is 0 Å². The number of aromatic nitrogens is 3. The van der Waals surface area contributed by atoms with Crippen LogP contribution < -0.4 is 15.4 Å². The molecule has 152 valence electrons. The lowest BCUT2D eigenvalue weighted by Crippen LogP contribution is -2.25. The molecule has 28 heavy (non-hydrogen) atoms. The van der Waals surface area contributed by atoms with Crippen LogP contribution in [-0.4, -0.2) is 54.6 Å². The summed E-state index contributed by atoms with van der Waals surface area (Å²) in [7, 11) is 3.35. The maximum absolute atomic E-state index is 12.7. The van der Waals surface area contributed by atoms with Gasteiger partial charge in [-0.3, -0.25) is 4.79 Å². The Morgan fingerprint density at radius 1 is 1.39 bits per heavy atom. The number of carbonyl (C=O) groups is 1. The van der Waals surface area contributed by atoms with Gasteiger partial charge in [-0.25, -0.2) is 0 Å². The standard InChI is InChI=1S/C20H29N5O3/c1-27-9-3-8-25-14-23-24-19(25)13-22-20(26)16-4-5-18(28-2)17(11-16)10-15-6-7-21-12-15/h4-5,11,14-15,21H,3,6-10,12-13H2,1-2H3,(H,22,26). The number of methoxy groups -OCH3 is 2. The highest BCUT2D eigenvalue weighted by Crippen LogP contribution is 2.25. The summed E-state index contributed by atoms with van der Waals surface area (Å²) in [6.07, 6.45) is 4.61. The van der Waals surface area contributed by atoms with E-state index in [4.69, 9.17) is 9.47 Å². The van der Waals surface area contributed by atoms with E-state index in [1.54, 1.807) is 26.6 Å². The van der Waals surface area contributed by atoms with Crippen molar-refractivity contribution in [1.82, 2.24) is 25.4 Å². The van der Waals surface area contributed by atoms with E-state index in [1.165, 1.54) is 0 Å². The Hall–Kier alpha value is -2.45. The summed E-state index contributed by atoms with van der Waals surface area (Å²) in [6.45, 7) is 3.83. The molecule has 2 N–H and O–H groups in total. The van der Waals surface area contributed by atoms with Crippen LogP contribution in [0.2, 0.25) is 0 Å². The van der Waals surface area contributed by atoms with Gasteiger partial charge >= 0.3 is 0 Å². The third-order valence-corrected chi connectivity index (χ3v) is 5.06. The fourth-order valence-corrected chi connectivity index (χ4v) is 3.52. The number of aryl methyl sites for hydroxylation is 1. The molecule has 1 fully saturated rings. The first-order valence-electron chi connectivity index (χ1n) is 9.72. The predicted octanol–water partition coefficient (Wildman–Crippen LogP) is 1.41. The van der Waals surface area contributed by atoms with Crippen LogP contribution >= 0.6 is 0 Å². The maximum atomic E-state index is 12.7. The van der Waals surface area contributed by atoms with E-state index in [9.17, 15) is 4.79 Å². The quantitative estimate of drug-likeness (QED) is 0.599. The molecular formula is C20H29N5O3. The molecule has 2 heterocycles. The van der Waals surface area contributed by atoms with Crippen LogP contribution in [0.15, 0.2) is 24.5 Å². The number of benzene rings is 1. The van der Waals surface area contributed by atoms with E-state index in [0.29, 0.717) is 24.6 Å². The number of carbonyl (C=O) groups excluding carboxylic acids is 1. The first-order chi connectivity index (χ1) is 13.7. The minimum absolute atomic E-state index is 0.125. The van der Waals surface area contributed by atoms with Crippen LogP contribution in [0.5, 0.6) is 5.75 Å². The normalized spacial score (nSPS) is 16.3. The zero-order valence-electron chi connectivity index (χ0n) is 16.6. The molecule has 3 rings (SSSR count). The van der Waals surface area contributed by atoms with E-state index in [1.807, 2.05) is 16.7 Å². The van der Waals surface area contributed by atoms with Crippen molar-refractivity contribution in [3.63, 3.8) is 0 Å². The van der Waals surface area contributed by atoms with E-state index in [-0.39, 0.29) is 5.91 Å². The second kappa shape index (κ2) is 10.2. The summed E-state index contributed by atoms with van der Waals surface area (Å²) in [5, 5.41) is 14.4. The van der Waals surface area contributed by atoms with Crippen LogP contribution in [0, 0.1) is 5.92 Å². The molecule has 8 heteroatoms. The van der Waals surface area contributed by atoms with Crippen molar-refractivity contribution in [2.75, 3.05) is 33.9 Å². The molecule has 0 spiro atoms. The lowest BCUT2D eigenvalue weighted by Gasteiger charge is -2.14. The summed E-state index contributed by atoms with van der Waals surface area (Å²) in [4.78, 5) is 12.7. The van der Waals surface area contributed by atoms with E-state index in [0.717, 1.165) is 56.0 Å². The summed E-state index contributed by atoms with van der Waals surface area (Å²) >= 11 is 0. The lowest BCUT2D eigenvalue weighted by atomic mass is 9.96. The van der Waals surface area contributed by atoms with Gasteiger partial charge in [0, 0.05) is 25.8 Å². The monoisotopic (exact) mass is 387 g/mol. The molecule has 0 aliphatic carbocycles. The predicted molar refractivity (Wildman–Crippen MR) is 105 cm³/mol. The van der Waals surface area contributed by atoms with Crippen LogP contribution in [0.25, 0.3) is 0 Å². The molecule has 0 bridgehead atoms. The molecule has 1 atom stereocenters. The zero-order chi connectivity index (χ0) is 19.8. The average Bonchev–Trinajstić information content (AvgIpc) is 3.38. The van der Waals surface area contributed by atoms with Crippen molar-refractivity contribution in [3.05, 3.63) is 41.5 Å². The number of amides is 1. The number of nitrogens with one attached hydrogen (secondary N) is 2. The number of rotatable bonds is 10. The van der Waals surface area contributed by atoms with E-state index in [2.05, 4.69) is 20.8 Å². The summed E-state index contributed by atoms with van der Waals surface area (Å²) in [5.41, 5.74) is 1.71. The molecule has 1 aliphatic heterocycles. The van der Waals surface area contributed by atoms with Crippen molar-refractivity contribution in [1.29, 1.82) is 0 Å². The molecule has 1 saturated heterocycles. The van der Waals surface area contributed by atoms with Gasteiger partial charge in [0.05, 0.1) is 13.7 Å². The fraction of sp³-hybridized carbons (Fsp3) is 0.550. The summed E-state index contributed by atoms with van der Waals surface area (Å²) < 4.78 is 12.5. The van der Waals surface area contributed by atoms with E-state index < -0.39 is 0 Å². The molecule has 2 aromatic rings. The number of nitrogens with zero attached hydrogens (tertiary/aromatic N) is 3. The van der Waals surface area contributed by atoms with Crippen molar-refractivity contribution in [2.45, 2.75) is 32.4 Å². The zero-order valence-corrected chi connectivity index (χ0v) is 16.6. The van der Waals surface area contributed by atoms with Crippen LogP contribution in [-0.2, 0) is 24.2 Å². The Morgan fingerprint density at radius 3 is 3.04 bits per heavy atom. The van der Waals surface area contributed by atoms with Gasteiger partial charge in [0.1, 0.15) is 12.1 Å². The van der Waals surface area contributed by atoms with Gasteiger partial charge in [0.2, 0.25) is 0 Å². The Kier molecular flexibility index (Phi) is 7.39. The SMILES string of the molecule is COCCCn1cnnc1CNC(=O)c1ccc(OC)c(CC2CCNC2)c1. The topological polar surface area (TPSA) is 90.3 Å². The molecule has 0 radical (unpaired) electrons. The van der Waals surface area contributed by atoms with Gasteiger partial charge in [-0.15, -0.1) is 10.2 Å². The van der Waals surface area contributed by atoms with Gasteiger partial charge < -0.3 is 24.7 Å². The van der Waals surface area contributed by atoms with Crippen molar-refractivity contribution < 1.29 is 14.3 Å². The molecule has 1 amide bonds. The number of hydrogen-bond donors (Lipinski definition) is 2. The third-order valence-electron chi connectivity index (χ3n) is 5.06. The second-order valence-corrected chi connectivity index (χ2v) is 7.06. The Balaban J connectivity index is 1.62. The smallest absolute Gasteiger partial charge is 0.251 e. The van der Waals surface area contributed by atoms with Gasteiger partial charge in [0.15, 0.2) is 5.82 Å². The minimum Gasteiger partial charge on any atom is -0.496 e. The highest BCUT2D eigenvalue weighted by molar-refractivity contribution is 5.94. The molecular weight excluding hydrogens is 358 g/mol. The Labute approximate surface area is 165 Å². The molecule has 1 aromatic heterocycles. The van der Waals surface area contributed by atoms with Gasteiger partial charge in [-0.05, 0) is 62.0 Å². The Morgan fingerprint density at radius 2 is 2.29 bits per heavy atom. The van der Waals surface area contributed by atoms with Crippen molar-refractivity contribution in [2.24, 2.45) is 5.92 Å². The highest BCUT2D eigenvalue weighted by atomic mass is 16.5. The molecule has 0 saturated carbocycles. The third kappa shape index (κ3) is 5.30.